The number of rotatable bonds is 4. The SMILES string of the molecule is NC(=O)c1ccc(NC(=O)c2cc(-c3ccc4c(c3)OCO4)nc3ccccc23)cc1. The quantitative estimate of drug-likeness (QED) is 0.529. The lowest BCUT2D eigenvalue weighted by atomic mass is 10.0. The molecule has 0 fully saturated rings. The number of amides is 2. The number of carbonyl (C=O) groups excluding carboxylic acids is 2. The molecule has 1 aromatic heterocycles. The highest BCUT2D eigenvalue weighted by atomic mass is 16.7. The van der Waals surface area contributed by atoms with Crippen LogP contribution in [0.15, 0.2) is 72.8 Å². The molecule has 2 heterocycles. The molecule has 0 spiro atoms. The van der Waals surface area contributed by atoms with Gasteiger partial charge in [-0.1, -0.05) is 18.2 Å². The van der Waals surface area contributed by atoms with Crippen LogP contribution in [0.3, 0.4) is 0 Å². The minimum absolute atomic E-state index is 0.187. The van der Waals surface area contributed by atoms with E-state index in [1.54, 1.807) is 30.3 Å². The van der Waals surface area contributed by atoms with Gasteiger partial charge in [-0.2, -0.15) is 0 Å². The molecule has 0 unspecified atom stereocenters. The number of benzene rings is 3. The Balaban J connectivity index is 1.54. The summed E-state index contributed by atoms with van der Waals surface area (Å²) in [5.74, 6) is 0.522. The molecule has 3 N–H and O–H groups in total. The molecule has 0 aliphatic carbocycles. The van der Waals surface area contributed by atoms with Gasteiger partial charge in [0.05, 0.1) is 16.8 Å². The number of hydrogen-bond acceptors (Lipinski definition) is 5. The maximum absolute atomic E-state index is 13.1. The van der Waals surface area contributed by atoms with Gasteiger partial charge in [0.15, 0.2) is 11.5 Å². The number of primary amides is 1. The Morgan fingerprint density at radius 2 is 1.68 bits per heavy atom. The van der Waals surface area contributed by atoms with E-state index in [2.05, 4.69) is 5.32 Å². The second kappa shape index (κ2) is 7.46. The second-order valence-corrected chi connectivity index (χ2v) is 7.04. The van der Waals surface area contributed by atoms with Crippen LogP contribution in [0.5, 0.6) is 11.5 Å². The minimum Gasteiger partial charge on any atom is -0.454 e. The third-order valence-electron chi connectivity index (χ3n) is 5.06. The number of hydrogen-bond donors (Lipinski definition) is 2. The third-order valence-corrected chi connectivity index (χ3v) is 5.06. The molecule has 0 bridgehead atoms. The zero-order chi connectivity index (χ0) is 21.4. The maximum atomic E-state index is 13.1. The molecule has 31 heavy (non-hydrogen) atoms. The number of aromatic nitrogens is 1. The predicted octanol–water partition coefficient (Wildman–Crippen LogP) is 3.98. The van der Waals surface area contributed by atoms with Crippen LogP contribution in [0.4, 0.5) is 5.69 Å². The first-order chi connectivity index (χ1) is 15.1. The lowest BCUT2D eigenvalue weighted by Gasteiger charge is -2.11. The first kappa shape index (κ1) is 18.6. The molecule has 7 heteroatoms. The van der Waals surface area contributed by atoms with Gasteiger partial charge in [0.2, 0.25) is 12.7 Å². The van der Waals surface area contributed by atoms with E-state index in [0.717, 1.165) is 10.9 Å². The second-order valence-electron chi connectivity index (χ2n) is 7.04. The van der Waals surface area contributed by atoms with Crippen LogP contribution < -0.4 is 20.5 Å². The number of carbonyl (C=O) groups is 2. The number of ether oxygens (including phenoxy) is 2. The van der Waals surface area contributed by atoms with Gasteiger partial charge in [-0.25, -0.2) is 4.98 Å². The van der Waals surface area contributed by atoms with Crippen molar-refractivity contribution >= 4 is 28.4 Å². The van der Waals surface area contributed by atoms with Gasteiger partial charge in [-0.15, -0.1) is 0 Å². The average Bonchev–Trinajstić information content (AvgIpc) is 3.26. The van der Waals surface area contributed by atoms with Gasteiger partial charge >= 0.3 is 0 Å². The number of anilines is 1. The van der Waals surface area contributed by atoms with Gasteiger partial charge in [0.25, 0.3) is 5.91 Å². The first-order valence-corrected chi connectivity index (χ1v) is 9.59. The van der Waals surface area contributed by atoms with Crippen LogP contribution in [0, 0.1) is 0 Å². The predicted molar refractivity (Wildman–Crippen MR) is 116 cm³/mol. The Hall–Kier alpha value is -4.39. The molecule has 2 amide bonds. The number of nitrogens with two attached hydrogens (primary N) is 1. The molecule has 1 aliphatic rings. The molecule has 4 aromatic rings. The van der Waals surface area contributed by atoms with Gasteiger partial charge in [0.1, 0.15) is 0 Å². The molecule has 0 saturated carbocycles. The van der Waals surface area contributed by atoms with Crippen molar-refractivity contribution in [2.24, 2.45) is 5.73 Å². The van der Waals surface area contributed by atoms with Crippen LogP contribution in [0.2, 0.25) is 0 Å². The fraction of sp³-hybridized carbons (Fsp3) is 0.0417. The van der Waals surface area contributed by atoms with E-state index in [1.807, 2.05) is 42.5 Å². The summed E-state index contributed by atoms with van der Waals surface area (Å²) in [6.07, 6.45) is 0. The highest BCUT2D eigenvalue weighted by Gasteiger charge is 2.18. The minimum atomic E-state index is -0.522. The van der Waals surface area contributed by atoms with Crippen molar-refractivity contribution in [3.63, 3.8) is 0 Å². The van der Waals surface area contributed by atoms with Gasteiger partial charge in [0, 0.05) is 22.2 Å². The average molecular weight is 411 g/mol. The molecule has 152 valence electrons. The molecule has 5 rings (SSSR count). The molecule has 7 nitrogen and oxygen atoms in total. The molecular weight excluding hydrogens is 394 g/mol. The number of para-hydroxylation sites is 1. The van der Waals surface area contributed by atoms with Crippen LogP contribution in [0.25, 0.3) is 22.2 Å². The van der Waals surface area contributed by atoms with E-state index in [0.29, 0.717) is 39.5 Å². The van der Waals surface area contributed by atoms with Crippen LogP contribution in [-0.4, -0.2) is 23.6 Å². The standard InChI is InChI=1S/C24H17N3O4/c25-23(28)14-5-8-16(9-6-14)26-24(29)18-12-20(27-19-4-2-1-3-17(18)19)15-7-10-21-22(11-15)31-13-30-21/h1-12H,13H2,(H2,25,28)(H,26,29). The van der Waals surface area contributed by atoms with Crippen molar-refractivity contribution in [3.8, 4) is 22.8 Å². The smallest absolute Gasteiger partial charge is 0.256 e. The summed E-state index contributed by atoms with van der Waals surface area (Å²) in [6.45, 7) is 0.187. The van der Waals surface area contributed by atoms with Crippen molar-refractivity contribution in [2.75, 3.05) is 12.1 Å². The lowest BCUT2D eigenvalue weighted by Crippen LogP contribution is -2.14. The Morgan fingerprint density at radius 1 is 0.903 bits per heavy atom. The van der Waals surface area contributed by atoms with E-state index in [1.165, 1.54) is 0 Å². The van der Waals surface area contributed by atoms with Gasteiger partial charge in [-0.3, -0.25) is 9.59 Å². The zero-order valence-electron chi connectivity index (χ0n) is 16.3. The van der Waals surface area contributed by atoms with Crippen molar-refractivity contribution in [1.29, 1.82) is 0 Å². The van der Waals surface area contributed by atoms with Crippen LogP contribution >= 0.6 is 0 Å². The van der Waals surface area contributed by atoms with Crippen molar-refractivity contribution in [3.05, 3.63) is 83.9 Å². The fourth-order valence-corrected chi connectivity index (χ4v) is 3.48. The summed E-state index contributed by atoms with van der Waals surface area (Å²) >= 11 is 0. The van der Waals surface area contributed by atoms with Crippen molar-refractivity contribution in [2.45, 2.75) is 0 Å². The molecular formula is C24H17N3O4. The van der Waals surface area contributed by atoms with E-state index >= 15 is 0 Å². The molecule has 0 saturated heterocycles. The van der Waals surface area contributed by atoms with Crippen molar-refractivity contribution in [1.82, 2.24) is 4.98 Å². The fourth-order valence-electron chi connectivity index (χ4n) is 3.48. The van der Waals surface area contributed by atoms with E-state index in [9.17, 15) is 9.59 Å². The van der Waals surface area contributed by atoms with Crippen LogP contribution in [0.1, 0.15) is 20.7 Å². The lowest BCUT2D eigenvalue weighted by molar-refractivity contribution is 0.0998. The number of fused-ring (bicyclic) bond motifs is 2. The molecule has 3 aromatic carbocycles. The summed E-state index contributed by atoms with van der Waals surface area (Å²) in [7, 11) is 0. The van der Waals surface area contributed by atoms with Gasteiger partial charge < -0.3 is 20.5 Å². The monoisotopic (exact) mass is 411 g/mol. The third kappa shape index (κ3) is 3.53. The Bertz CT molecular complexity index is 1330. The zero-order valence-corrected chi connectivity index (χ0v) is 16.3. The molecule has 1 aliphatic heterocycles. The van der Waals surface area contributed by atoms with E-state index in [-0.39, 0.29) is 12.7 Å². The Kier molecular flexibility index (Phi) is 4.48. The van der Waals surface area contributed by atoms with Crippen molar-refractivity contribution < 1.29 is 19.1 Å². The highest BCUT2D eigenvalue weighted by molar-refractivity contribution is 6.13. The summed E-state index contributed by atoms with van der Waals surface area (Å²) in [5.41, 5.74) is 8.85. The molecule has 0 atom stereocenters. The first-order valence-electron chi connectivity index (χ1n) is 9.59. The van der Waals surface area contributed by atoms with Crippen LogP contribution in [-0.2, 0) is 0 Å². The topological polar surface area (TPSA) is 104 Å². The maximum Gasteiger partial charge on any atom is 0.256 e. The van der Waals surface area contributed by atoms with Gasteiger partial charge in [-0.05, 0) is 54.6 Å². The summed E-state index contributed by atoms with van der Waals surface area (Å²) in [5, 5.41) is 3.61. The largest absolute Gasteiger partial charge is 0.454 e. The number of pyridine rings is 1. The number of nitrogens with one attached hydrogen (secondary N) is 1. The highest BCUT2D eigenvalue weighted by Crippen LogP contribution is 2.36. The summed E-state index contributed by atoms with van der Waals surface area (Å²) in [4.78, 5) is 29.1. The summed E-state index contributed by atoms with van der Waals surface area (Å²) in [6, 6.07) is 21.2. The number of nitrogens with zero attached hydrogens (tertiary/aromatic N) is 1. The Labute approximate surface area is 177 Å². The summed E-state index contributed by atoms with van der Waals surface area (Å²) < 4.78 is 10.8. The normalized spacial score (nSPS) is 12.0. The molecule has 0 radical (unpaired) electrons. The van der Waals surface area contributed by atoms with E-state index in [4.69, 9.17) is 20.2 Å². The van der Waals surface area contributed by atoms with E-state index < -0.39 is 5.91 Å². The Morgan fingerprint density at radius 3 is 2.48 bits per heavy atom.